The number of aromatic nitrogens is 2. The van der Waals surface area contributed by atoms with Crippen molar-refractivity contribution in [3.8, 4) is 0 Å². The first-order chi connectivity index (χ1) is 23.2. The summed E-state index contributed by atoms with van der Waals surface area (Å²) in [5.74, 6) is 0. The maximum Gasteiger partial charge on any atom is 0.402 e. The summed E-state index contributed by atoms with van der Waals surface area (Å²) in [6, 6.07) is 11.1. The minimum Gasteiger partial charge on any atom is -0.351 e. The first kappa shape index (κ1) is 35.6. The van der Waals surface area contributed by atoms with Gasteiger partial charge >= 0.3 is 12.4 Å². The average molecular weight is 704 g/mol. The van der Waals surface area contributed by atoms with E-state index in [-0.39, 0.29) is 68.6 Å². The van der Waals surface area contributed by atoms with E-state index in [0.29, 0.717) is 25.7 Å². The van der Waals surface area contributed by atoms with Crippen molar-refractivity contribution in [2.45, 2.75) is 75.6 Å². The van der Waals surface area contributed by atoms with Crippen molar-refractivity contribution in [3.05, 3.63) is 120 Å². The molecule has 7 nitrogen and oxygen atoms in total. The van der Waals surface area contributed by atoms with Gasteiger partial charge in [-0.3, -0.25) is 9.59 Å². The van der Waals surface area contributed by atoms with Gasteiger partial charge in [0.1, 0.15) is 22.2 Å². The maximum absolute atomic E-state index is 14.4. The number of aromatic amines is 2. The third kappa shape index (κ3) is 5.96. The van der Waals surface area contributed by atoms with Gasteiger partial charge in [0.25, 0.3) is 11.1 Å². The summed E-state index contributed by atoms with van der Waals surface area (Å²) in [6.45, 7) is 10.8. The quantitative estimate of drug-likeness (QED) is 0.119. The van der Waals surface area contributed by atoms with Crippen LogP contribution >= 0.6 is 11.6 Å². The fraction of sp³-hybridized carbons (Fsp3) is 0.343. The summed E-state index contributed by atoms with van der Waals surface area (Å²) in [5.41, 5.74) is -5.34. The highest BCUT2D eigenvalue weighted by molar-refractivity contribution is 6.30. The number of halogens is 7. The molecule has 0 aliphatic carbocycles. The van der Waals surface area contributed by atoms with Gasteiger partial charge in [-0.2, -0.15) is 26.3 Å². The van der Waals surface area contributed by atoms with Crippen LogP contribution in [0, 0.1) is 6.57 Å². The SMILES string of the molecule is CCCCC1(C(F)(F)F)c2cc(Cl)ccc2Nc2c1cc[nH]c2=O.[C-]#[N+]c1ccc2c(c1)C(CCCC)(C(F)(F)F)c1cc[nH]c(=O)c1N2. The second kappa shape index (κ2) is 13.3. The highest BCUT2D eigenvalue weighted by Crippen LogP contribution is 2.58. The summed E-state index contributed by atoms with van der Waals surface area (Å²) >= 11 is 5.98. The van der Waals surface area contributed by atoms with Gasteiger partial charge in [-0.05, 0) is 60.4 Å². The Morgan fingerprint density at radius 1 is 0.694 bits per heavy atom. The molecular formula is C35H32ClF6N5O2. The molecule has 258 valence electrons. The van der Waals surface area contributed by atoms with Crippen molar-refractivity contribution < 1.29 is 26.3 Å². The molecule has 49 heavy (non-hydrogen) atoms. The monoisotopic (exact) mass is 703 g/mol. The molecule has 2 aromatic carbocycles. The van der Waals surface area contributed by atoms with Crippen LogP contribution in [0.2, 0.25) is 5.02 Å². The lowest BCUT2D eigenvalue weighted by atomic mass is 9.67. The number of alkyl halides is 6. The van der Waals surface area contributed by atoms with E-state index in [1.54, 1.807) is 0 Å². The van der Waals surface area contributed by atoms with Gasteiger partial charge in [-0.15, -0.1) is 0 Å². The highest BCUT2D eigenvalue weighted by atomic mass is 35.5. The molecule has 2 atom stereocenters. The first-order valence-corrected chi connectivity index (χ1v) is 16.0. The molecule has 2 aliphatic heterocycles. The fourth-order valence-electron chi connectivity index (χ4n) is 6.84. The summed E-state index contributed by atoms with van der Waals surface area (Å²) in [5, 5.41) is 5.88. The zero-order valence-corrected chi connectivity index (χ0v) is 27.2. The Labute approximate surface area is 282 Å². The van der Waals surface area contributed by atoms with Gasteiger partial charge in [0.2, 0.25) is 0 Å². The molecule has 2 unspecified atom stereocenters. The van der Waals surface area contributed by atoms with Crippen LogP contribution in [0.25, 0.3) is 4.85 Å². The van der Waals surface area contributed by atoms with E-state index < -0.39 is 34.3 Å². The van der Waals surface area contributed by atoms with E-state index in [0.717, 1.165) is 0 Å². The number of fused-ring (bicyclic) bond motifs is 4. The predicted molar refractivity (Wildman–Crippen MR) is 178 cm³/mol. The Morgan fingerprint density at radius 2 is 1.14 bits per heavy atom. The lowest BCUT2D eigenvalue weighted by Crippen LogP contribution is -2.47. The van der Waals surface area contributed by atoms with Crippen LogP contribution in [0.5, 0.6) is 0 Å². The molecular weight excluding hydrogens is 672 g/mol. The van der Waals surface area contributed by atoms with Gasteiger partial charge in [0.15, 0.2) is 5.69 Å². The summed E-state index contributed by atoms with van der Waals surface area (Å²) in [6.07, 6.45) is -5.09. The zero-order chi connectivity index (χ0) is 35.8. The van der Waals surface area contributed by atoms with Gasteiger partial charge in [0, 0.05) is 39.9 Å². The van der Waals surface area contributed by atoms with Crippen molar-refractivity contribution in [2.75, 3.05) is 10.6 Å². The van der Waals surface area contributed by atoms with Crippen LogP contribution in [0.4, 0.5) is 54.8 Å². The summed E-state index contributed by atoms with van der Waals surface area (Å²) < 4.78 is 86.4. The average Bonchev–Trinajstić information content (AvgIpc) is 3.05. The van der Waals surface area contributed by atoms with Crippen molar-refractivity contribution in [2.24, 2.45) is 0 Å². The molecule has 2 aromatic heterocycles. The molecule has 14 heteroatoms. The summed E-state index contributed by atoms with van der Waals surface area (Å²) in [4.78, 5) is 32.4. The van der Waals surface area contributed by atoms with Crippen LogP contribution < -0.4 is 21.8 Å². The van der Waals surface area contributed by atoms with Crippen molar-refractivity contribution in [1.29, 1.82) is 0 Å². The summed E-state index contributed by atoms with van der Waals surface area (Å²) in [7, 11) is 0. The number of unbranched alkanes of at least 4 members (excludes halogenated alkanes) is 2. The molecule has 4 aromatic rings. The number of benzene rings is 2. The van der Waals surface area contributed by atoms with Crippen LogP contribution in [-0.4, -0.2) is 22.3 Å². The van der Waals surface area contributed by atoms with Crippen LogP contribution in [0.15, 0.2) is 70.5 Å². The zero-order valence-electron chi connectivity index (χ0n) is 26.4. The second-order valence-corrected chi connectivity index (χ2v) is 12.4. The molecule has 0 saturated heterocycles. The molecule has 4 heterocycles. The molecule has 0 amide bonds. The van der Waals surface area contributed by atoms with E-state index >= 15 is 0 Å². The Hall–Kier alpha value is -4.70. The molecule has 4 N–H and O–H groups in total. The third-order valence-electron chi connectivity index (χ3n) is 9.17. The lowest BCUT2D eigenvalue weighted by molar-refractivity contribution is -0.181. The number of nitrogens with one attached hydrogen (secondary N) is 4. The lowest BCUT2D eigenvalue weighted by Gasteiger charge is -2.42. The minimum atomic E-state index is -4.61. The van der Waals surface area contributed by atoms with Gasteiger partial charge in [-0.1, -0.05) is 63.3 Å². The minimum absolute atomic E-state index is 0.0000463. The first-order valence-electron chi connectivity index (χ1n) is 15.6. The largest absolute Gasteiger partial charge is 0.402 e. The number of H-pyrrole nitrogens is 2. The normalized spacial score (nSPS) is 19.0. The van der Waals surface area contributed by atoms with Crippen LogP contribution in [0.1, 0.15) is 74.6 Å². The second-order valence-electron chi connectivity index (χ2n) is 12.0. The number of anilines is 4. The Kier molecular flexibility index (Phi) is 9.67. The number of hydrogen-bond acceptors (Lipinski definition) is 4. The van der Waals surface area contributed by atoms with Gasteiger partial charge in [0.05, 0.1) is 6.57 Å². The van der Waals surface area contributed by atoms with Crippen molar-refractivity contribution >= 4 is 40.0 Å². The molecule has 2 aliphatic rings. The molecule has 0 radical (unpaired) electrons. The fourth-order valence-corrected chi connectivity index (χ4v) is 7.01. The highest BCUT2D eigenvalue weighted by Gasteiger charge is 2.61. The third-order valence-corrected chi connectivity index (χ3v) is 9.41. The molecule has 0 spiro atoms. The number of pyridine rings is 2. The van der Waals surface area contributed by atoms with E-state index in [9.17, 15) is 35.9 Å². The maximum atomic E-state index is 14.4. The number of rotatable bonds is 6. The van der Waals surface area contributed by atoms with Gasteiger partial charge in [-0.25, -0.2) is 4.85 Å². The number of hydrogen-bond donors (Lipinski definition) is 4. The molecule has 0 saturated carbocycles. The van der Waals surface area contributed by atoms with Crippen molar-refractivity contribution in [1.82, 2.24) is 9.97 Å². The molecule has 0 bridgehead atoms. The van der Waals surface area contributed by atoms with E-state index in [1.165, 1.54) is 60.9 Å². The van der Waals surface area contributed by atoms with E-state index in [4.69, 9.17) is 18.2 Å². The topological polar surface area (TPSA) is 94.1 Å². The standard InChI is InChI=1S/C18H16F3N3O.C17H16ClF3N2O/c1-3-4-8-17(18(19,20)21)12-7-9-23-16(25)15(12)24-14-6-5-11(22-2)10-13(14)17;1-2-3-7-16(17(19,20)21)11-6-8-22-15(24)14(11)23-13-5-4-10(18)9-12(13)16/h5-7,9-10,24H,3-4,8H2,1H3,(H,23,25);4-6,8-9,23H,2-3,7H2,1H3,(H,22,24). The van der Waals surface area contributed by atoms with E-state index in [2.05, 4.69) is 25.4 Å². The Morgan fingerprint density at radius 3 is 1.57 bits per heavy atom. The number of nitrogens with zero attached hydrogens (tertiary/aromatic N) is 1. The smallest absolute Gasteiger partial charge is 0.351 e. The Bertz CT molecular complexity index is 2030. The van der Waals surface area contributed by atoms with Crippen molar-refractivity contribution in [3.63, 3.8) is 0 Å². The predicted octanol–water partition coefficient (Wildman–Crippen LogP) is 10.1. The molecule has 0 fully saturated rings. The van der Waals surface area contributed by atoms with Crippen LogP contribution in [-0.2, 0) is 10.8 Å². The van der Waals surface area contributed by atoms with E-state index in [1.807, 2.05) is 13.8 Å². The Balaban J connectivity index is 0.000000191. The van der Waals surface area contributed by atoms with Gasteiger partial charge < -0.3 is 20.6 Å². The van der Waals surface area contributed by atoms with Crippen LogP contribution in [0.3, 0.4) is 0 Å². The molecule has 6 rings (SSSR count).